The Balaban J connectivity index is 2.56. The molecule has 0 aromatic carbocycles. The van der Waals surface area contributed by atoms with E-state index in [0.717, 1.165) is 44.9 Å². The third-order valence-electron chi connectivity index (χ3n) is 9.80. The van der Waals surface area contributed by atoms with Gasteiger partial charge in [-0.05, 0) is 70.6 Å². The van der Waals surface area contributed by atoms with Crippen molar-refractivity contribution in [3.8, 4) is 0 Å². The van der Waals surface area contributed by atoms with Crippen LogP contribution >= 0.6 is 7.82 Å². The molecule has 0 heterocycles. The minimum atomic E-state index is -4.81. The standard InChI is InChI=1S/C46H74NO13P/c1-3-5-7-8-9-10-11-12-13-14-15-16-17-18-19-20-25-29-44(51)57-34-38(35-58-61(55,56)59-36-41(47)46(53)54)60-45(52)30-26-22-21-24-28-39-40(43(50)33-42(39)49)32-31-37(48)27-23-6-4-2/h9-10,12-13,15-16,18-19,21,24,31-32,37-41,43,48,50H,3-8,11,14,17,20,22-23,25-30,33-36,47H2,1-2H3,(H,53,54)(H,55,56)/b10-9-,13-12-,16-15-,19-18-,24-21-,32-31+/t37-,38+,39+,40+,41-,43+/m0/s1. The van der Waals surface area contributed by atoms with Crippen LogP contribution in [-0.4, -0.2) is 88.1 Å². The predicted octanol–water partition coefficient (Wildman–Crippen LogP) is 8.31. The van der Waals surface area contributed by atoms with Gasteiger partial charge in [0, 0.05) is 31.1 Å². The highest BCUT2D eigenvalue weighted by molar-refractivity contribution is 7.47. The molecule has 0 radical (unpaired) electrons. The third kappa shape index (κ3) is 29.4. The molecule has 15 heteroatoms. The van der Waals surface area contributed by atoms with Gasteiger partial charge in [-0.1, -0.05) is 119 Å². The fourth-order valence-corrected chi connectivity index (χ4v) is 6.99. The van der Waals surface area contributed by atoms with Crippen molar-refractivity contribution >= 4 is 31.5 Å². The van der Waals surface area contributed by atoms with E-state index in [1.807, 2.05) is 24.3 Å². The summed E-state index contributed by atoms with van der Waals surface area (Å²) in [4.78, 5) is 58.7. The summed E-state index contributed by atoms with van der Waals surface area (Å²) in [7, 11) is -4.81. The number of hydrogen-bond acceptors (Lipinski definition) is 12. The molecule has 1 fully saturated rings. The van der Waals surface area contributed by atoms with Gasteiger partial charge in [0.25, 0.3) is 0 Å². The highest BCUT2D eigenvalue weighted by atomic mass is 31.2. The number of esters is 2. The Hall–Kier alpha value is -3.49. The van der Waals surface area contributed by atoms with E-state index in [9.17, 15) is 38.8 Å². The van der Waals surface area contributed by atoms with Crippen LogP contribution < -0.4 is 5.73 Å². The van der Waals surface area contributed by atoms with Crippen molar-refractivity contribution in [1.29, 1.82) is 0 Å². The first-order valence-electron chi connectivity index (χ1n) is 22.1. The number of carbonyl (C=O) groups is 4. The van der Waals surface area contributed by atoms with Gasteiger partial charge in [0.05, 0.1) is 25.4 Å². The van der Waals surface area contributed by atoms with Crippen molar-refractivity contribution in [3.05, 3.63) is 72.9 Å². The molecule has 1 unspecified atom stereocenters. The van der Waals surface area contributed by atoms with Crippen LogP contribution in [0, 0.1) is 11.8 Å². The molecule has 7 atom stereocenters. The van der Waals surface area contributed by atoms with Gasteiger partial charge >= 0.3 is 25.7 Å². The topological polar surface area (TPSA) is 229 Å². The zero-order valence-corrected chi connectivity index (χ0v) is 37.3. The lowest BCUT2D eigenvalue weighted by atomic mass is 9.90. The van der Waals surface area contributed by atoms with E-state index >= 15 is 0 Å². The van der Waals surface area contributed by atoms with Crippen molar-refractivity contribution in [2.24, 2.45) is 17.6 Å². The van der Waals surface area contributed by atoms with Crippen LogP contribution in [0.25, 0.3) is 0 Å². The smallest absolute Gasteiger partial charge is 0.472 e. The van der Waals surface area contributed by atoms with Crippen LogP contribution in [0.5, 0.6) is 0 Å². The number of hydrogen-bond donors (Lipinski definition) is 5. The van der Waals surface area contributed by atoms with E-state index in [1.54, 1.807) is 12.2 Å². The van der Waals surface area contributed by atoms with E-state index in [4.69, 9.17) is 24.8 Å². The van der Waals surface area contributed by atoms with Gasteiger partial charge in [-0.25, -0.2) is 4.57 Å². The number of aliphatic hydroxyl groups excluding tert-OH is 2. The quantitative estimate of drug-likeness (QED) is 0.0173. The van der Waals surface area contributed by atoms with Gasteiger partial charge in [0.15, 0.2) is 6.10 Å². The lowest BCUT2D eigenvalue weighted by molar-refractivity contribution is -0.161. The molecule has 346 valence electrons. The average molecular weight is 880 g/mol. The maximum Gasteiger partial charge on any atom is 0.472 e. The lowest BCUT2D eigenvalue weighted by Gasteiger charge is -2.20. The van der Waals surface area contributed by atoms with Crippen molar-refractivity contribution in [3.63, 3.8) is 0 Å². The Kier molecular flexibility index (Phi) is 31.9. The van der Waals surface area contributed by atoms with Crippen LogP contribution in [0.2, 0.25) is 0 Å². The fraction of sp³-hybridized carbons (Fsp3) is 0.652. The highest BCUT2D eigenvalue weighted by Gasteiger charge is 2.39. The van der Waals surface area contributed by atoms with Crippen LogP contribution in [0.15, 0.2) is 72.9 Å². The number of unbranched alkanes of at least 4 members (excludes halogenated alkanes) is 7. The molecule has 1 saturated carbocycles. The molecular formula is C46H74NO13P. The van der Waals surface area contributed by atoms with Crippen molar-refractivity contribution in [2.75, 3.05) is 19.8 Å². The normalized spacial score (nSPS) is 19.8. The molecule has 0 aromatic heterocycles. The van der Waals surface area contributed by atoms with Crippen LogP contribution in [0.3, 0.4) is 0 Å². The van der Waals surface area contributed by atoms with E-state index in [0.29, 0.717) is 38.5 Å². The molecule has 6 N–H and O–H groups in total. The summed E-state index contributed by atoms with van der Waals surface area (Å²) < 4.78 is 32.6. The zero-order chi connectivity index (χ0) is 45.1. The molecule has 61 heavy (non-hydrogen) atoms. The second kappa shape index (κ2) is 35.0. The Morgan fingerprint density at radius 3 is 1.92 bits per heavy atom. The second-order valence-corrected chi connectivity index (χ2v) is 16.7. The van der Waals surface area contributed by atoms with E-state index in [2.05, 4.69) is 54.8 Å². The lowest BCUT2D eigenvalue weighted by Crippen LogP contribution is -2.34. The summed E-state index contributed by atoms with van der Waals surface area (Å²) in [5, 5.41) is 29.6. The predicted molar refractivity (Wildman–Crippen MR) is 236 cm³/mol. The van der Waals surface area contributed by atoms with Gasteiger partial charge in [-0.15, -0.1) is 0 Å². The molecule has 0 amide bonds. The minimum absolute atomic E-state index is 0.0427. The fourth-order valence-electron chi connectivity index (χ4n) is 6.21. The summed E-state index contributed by atoms with van der Waals surface area (Å²) in [6.45, 7) is 2.32. The van der Waals surface area contributed by atoms with Gasteiger partial charge in [-0.2, -0.15) is 0 Å². The van der Waals surface area contributed by atoms with E-state index in [1.165, 1.54) is 19.3 Å². The molecule has 0 aliphatic heterocycles. The Morgan fingerprint density at radius 1 is 0.770 bits per heavy atom. The number of nitrogens with two attached hydrogens (primary N) is 1. The number of aliphatic hydroxyl groups is 2. The number of phosphoric ester groups is 1. The minimum Gasteiger partial charge on any atom is -0.480 e. The number of carbonyl (C=O) groups excluding carboxylic acids is 3. The Bertz CT molecular complexity index is 1470. The Morgan fingerprint density at radius 2 is 1.31 bits per heavy atom. The SMILES string of the molecule is CCCCC/C=C\C/C=C\C/C=C\C/C=C\CCCC(=O)OC[C@H](COP(=O)(O)OC[C@H](N)C(=O)O)OC(=O)CCC/C=C\C[C@H]1C(=O)C[C@@H](O)[C@@H]1/C=C/[C@@H](O)CCCCC. The van der Waals surface area contributed by atoms with Crippen LogP contribution in [0.4, 0.5) is 0 Å². The van der Waals surface area contributed by atoms with Crippen molar-refractivity contribution < 1.29 is 62.5 Å². The van der Waals surface area contributed by atoms with Gasteiger partial charge < -0.3 is 35.4 Å². The maximum atomic E-state index is 12.7. The maximum absolute atomic E-state index is 12.7. The summed E-state index contributed by atoms with van der Waals surface area (Å²) >= 11 is 0. The number of allylic oxidation sites excluding steroid dienone is 10. The average Bonchev–Trinajstić information content (AvgIpc) is 3.49. The summed E-state index contributed by atoms with van der Waals surface area (Å²) in [6.07, 6.45) is 34.9. The number of rotatable bonds is 36. The second-order valence-electron chi connectivity index (χ2n) is 15.2. The van der Waals surface area contributed by atoms with E-state index < -0.39 is 75.8 Å². The molecule has 14 nitrogen and oxygen atoms in total. The van der Waals surface area contributed by atoms with Crippen molar-refractivity contribution in [1.82, 2.24) is 0 Å². The Labute approximate surface area is 363 Å². The molecule has 1 aliphatic rings. The molecule has 1 rings (SSSR count). The largest absolute Gasteiger partial charge is 0.480 e. The van der Waals surface area contributed by atoms with E-state index in [-0.39, 0.29) is 31.0 Å². The number of ether oxygens (including phenoxy) is 2. The molecule has 0 aromatic rings. The van der Waals surface area contributed by atoms with Crippen LogP contribution in [0.1, 0.15) is 136 Å². The third-order valence-corrected chi connectivity index (χ3v) is 10.7. The number of carboxylic acids is 1. The number of aliphatic carboxylic acids is 1. The molecule has 0 saturated heterocycles. The number of Topliss-reactive ketones (excluding diaryl/α,β-unsaturated/α-hetero) is 1. The summed E-state index contributed by atoms with van der Waals surface area (Å²) in [5.74, 6) is -3.54. The van der Waals surface area contributed by atoms with Gasteiger partial charge in [0.2, 0.25) is 0 Å². The molecule has 1 aliphatic carbocycles. The van der Waals surface area contributed by atoms with Crippen molar-refractivity contribution in [2.45, 2.75) is 160 Å². The first-order chi connectivity index (χ1) is 29.3. The van der Waals surface area contributed by atoms with Crippen LogP contribution in [-0.2, 0) is 42.3 Å². The summed E-state index contributed by atoms with van der Waals surface area (Å²) in [5.41, 5.74) is 5.32. The number of carboxylic acid groups (broad SMARTS) is 1. The molecular weight excluding hydrogens is 805 g/mol. The summed E-state index contributed by atoms with van der Waals surface area (Å²) in [6, 6.07) is -1.58. The first kappa shape index (κ1) is 55.5. The van der Waals surface area contributed by atoms with Gasteiger partial charge in [-0.3, -0.25) is 28.2 Å². The first-order valence-corrected chi connectivity index (χ1v) is 23.6. The number of ketones is 1. The monoisotopic (exact) mass is 879 g/mol. The highest BCUT2D eigenvalue weighted by Crippen LogP contribution is 2.43. The number of phosphoric acid groups is 1. The van der Waals surface area contributed by atoms with Gasteiger partial charge in [0.1, 0.15) is 18.4 Å². The molecule has 0 bridgehead atoms. The molecule has 0 spiro atoms. The zero-order valence-electron chi connectivity index (χ0n) is 36.4.